The zero-order chi connectivity index (χ0) is 24.2. The number of hydrogen-bond donors (Lipinski definition) is 4. The topological polar surface area (TPSA) is 126 Å². The van der Waals surface area contributed by atoms with Gasteiger partial charge in [0.2, 0.25) is 0 Å². The van der Waals surface area contributed by atoms with E-state index in [4.69, 9.17) is 15.9 Å². The van der Waals surface area contributed by atoms with Crippen LogP contribution < -0.4 is 16.4 Å². The van der Waals surface area contributed by atoms with Gasteiger partial charge < -0.3 is 21.2 Å². The van der Waals surface area contributed by atoms with E-state index in [9.17, 15) is 4.79 Å². The fourth-order valence-corrected chi connectivity index (χ4v) is 3.19. The number of ether oxygens (including phenoxy) is 1. The number of aromatic nitrogens is 2. The lowest BCUT2D eigenvalue weighted by molar-refractivity contribution is 0.0636. The molecule has 0 aliphatic heterocycles. The molecule has 5 N–H and O–H groups in total. The summed E-state index contributed by atoms with van der Waals surface area (Å²) in [5.74, 6) is 0.621. The summed E-state index contributed by atoms with van der Waals surface area (Å²) in [5, 5.41) is 14.1. The Hall–Kier alpha value is -3.78. The van der Waals surface area contributed by atoms with Gasteiger partial charge in [0.25, 0.3) is 0 Å². The normalized spacial score (nSPS) is 12.1. The third-order valence-electron chi connectivity index (χ3n) is 4.64. The summed E-state index contributed by atoms with van der Waals surface area (Å²) in [6.45, 7) is 9.15. The number of nitrogens with zero attached hydrogens (tertiary/aromatic N) is 2. The number of aryl methyl sites for hydroxylation is 1. The molecule has 0 fully saturated rings. The van der Waals surface area contributed by atoms with E-state index < -0.39 is 11.7 Å². The van der Waals surface area contributed by atoms with Crippen molar-refractivity contribution in [2.24, 2.45) is 5.73 Å². The van der Waals surface area contributed by atoms with E-state index in [2.05, 4.69) is 20.6 Å². The Morgan fingerprint density at radius 2 is 1.82 bits per heavy atom. The fraction of sp³-hybridized carbons (Fsp3) is 0.280. The average Bonchev–Trinajstić information content (AvgIpc) is 2.72. The second-order valence-corrected chi connectivity index (χ2v) is 8.78. The van der Waals surface area contributed by atoms with Crippen LogP contribution in [0.3, 0.4) is 0 Å². The highest BCUT2D eigenvalue weighted by atomic mass is 16.6. The number of rotatable bonds is 6. The molecular formula is C25H30N6O2. The number of pyridine rings is 2. The predicted molar refractivity (Wildman–Crippen MR) is 132 cm³/mol. The molecule has 1 amide bonds. The van der Waals surface area contributed by atoms with Crippen molar-refractivity contribution in [1.82, 2.24) is 9.97 Å². The largest absolute Gasteiger partial charge is 0.444 e. The van der Waals surface area contributed by atoms with Crippen molar-refractivity contribution in [2.45, 2.75) is 46.3 Å². The molecule has 33 heavy (non-hydrogen) atoms. The molecule has 2 aromatic heterocycles. The van der Waals surface area contributed by atoms with Crippen LogP contribution in [0, 0.1) is 12.3 Å². The van der Waals surface area contributed by atoms with Crippen LogP contribution in [-0.2, 0) is 4.74 Å². The van der Waals surface area contributed by atoms with Gasteiger partial charge in [0.15, 0.2) is 0 Å². The number of nitrogens with one attached hydrogen (secondary N) is 3. The molecule has 8 heteroatoms. The van der Waals surface area contributed by atoms with E-state index in [1.54, 1.807) is 26.8 Å². The minimum absolute atomic E-state index is 0.223. The van der Waals surface area contributed by atoms with Gasteiger partial charge in [-0.05, 0) is 71.0 Å². The van der Waals surface area contributed by atoms with Crippen LogP contribution in [-0.4, -0.2) is 27.9 Å². The van der Waals surface area contributed by atoms with Crippen molar-refractivity contribution in [3.63, 3.8) is 0 Å². The van der Waals surface area contributed by atoms with Crippen molar-refractivity contribution in [3.05, 3.63) is 65.5 Å². The summed E-state index contributed by atoms with van der Waals surface area (Å²) in [4.78, 5) is 21.7. The predicted octanol–water partition coefficient (Wildman–Crippen LogP) is 5.56. The first kappa shape index (κ1) is 23.9. The molecule has 0 saturated heterocycles. The molecule has 0 saturated carbocycles. The highest BCUT2D eigenvalue weighted by Crippen LogP contribution is 2.33. The molecule has 3 aromatic rings. The van der Waals surface area contributed by atoms with Gasteiger partial charge in [-0.1, -0.05) is 12.1 Å². The Labute approximate surface area is 194 Å². The SMILES string of the molecule is Cc1cccc(Nc2cc(-c3cccc(C(C)N)n3)cc(NC(=O)OC(C)(C)C)c2C=N)n1. The Morgan fingerprint density at radius 3 is 2.45 bits per heavy atom. The summed E-state index contributed by atoms with van der Waals surface area (Å²) < 4.78 is 5.42. The van der Waals surface area contributed by atoms with E-state index in [-0.39, 0.29) is 6.04 Å². The molecule has 172 valence electrons. The average molecular weight is 447 g/mol. The van der Waals surface area contributed by atoms with Crippen molar-refractivity contribution < 1.29 is 9.53 Å². The standard InChI is InChI=1S/C25H30N6O2/c1-15-8-6-11-23(28-15)30-21-12-17(20-10-7-9-19(29-20)16(2)27)13-22(18(21)14-26)31-24(32)33-25(3,4)5/h6-14,16,26H,27H2,1-5H3,(H,28,30)(H,31,32). The summed E-state index contributed by atoms with van der Waals surface area (Å²) in [6, 6.07) is 14.7. The zero-order valence-electron chi connectivity index (χ0n) is 19.6. The van der Waals surface area contributed by atoms with E-state index >= 15 is 0 Å². The first-order valence-electron chi connectivity index (χ1n) is 10.7. The van der Waals surface area contributed by atoms with Crippen molar-refractivity contribution in [3.8, 4) is 11.3 Å². The van der Waals surface area contributed by atoms with Crippen LogP contribution >= 0.6 is 0 Å². The van der Waals surface area contributed by atoms with Gasteiger partial charge in [0.1, 0.15) is 11.4 Å². The van der Waals surface area contributed by atoms with E-state index in [1.165, 1.54) is 6.21 Å². The quantitative estimate of drug-likeness (QED) is 0.367. The van der Waals surface area contributed by atoms with Gasteiger partial charge in [-0.3, -0.25) is 10.3 Å². The number of hydrogen-bond acceptors (Lipinski definition) is 7. The van der Waals surface area contributed by atoms with Gasteiger partial charge >= 0.3 is 6.09 Å². The molecule has 0 radical (unpaired) electrons. The van der Waals surface area contributed by atoms with Crippen molar-refractivity contribution in [2.75, 3.05) is 10.6 Å². The highest BCUT2D eigenvalue weighted by molar-refractivity contribution is 6.01. The van der Waals surface area contributed by atoms with Crippen LogP contribution in [0.15, 0.2) is 48.5 Å². The molecule has 0 aliphatic rings. The number of nitrogens with two attached hydrogens (primary N) is 1. The van der Waals surface area contributed by atoms with Gasteiger partial charge in [0.05, 0.1) is 22.8 Å². The Kier molecular flexibility index (Phi) is 7.08. The highest BCUT2D eigenvalue weighted by Gasteiger charge is 2.19. The van der Waals surface area contributed by atoms with E-state index in [0.29, 0.717) is 28.5 Å². The lowest BCUT2D eigenvalue weighted by Gasteiger charge is -2.21. The minimum atomic E-state index is -0.660. The van der Waals surface area contributed by atoms with E-state index in [0.717, 1.165) is 17.0 Å². The lowest BCUT2D eigenvalue weighted by Crippen LogP contribution is -2.27. The summed E-state index contributed by atoms with van der Waals surface area (Å²) >= 11 is 0. The number of anilines is 3. The smallest absolute Gasteiger partial charge is 0.412 e. The van der Waals surface area contributed by atoms with Crippen LogP contribution in [0.4, 0.5) is 22.0 Å². The van der Waals surface area contributed by atoms with Crippen molar-refractivity contribution in [1.29, 1.82) is 5.41 Å². The maximum atomic E-state index is 12.5. The maximum absolute atomic E-state index is 12.5. The molecular weight excluding hydrogens is 416 g/mol. The Morgan fingerprint density at radius 1 is 1.12 bits per heavy atom. The molecule has 1 atom stereocenters. The van der Waals surface area contributed by atoms with Crippen molar-refractivity contribution >= 4 is 29.5 Å². The molecule has 0 spiro atoms. The summed E-state index contributed by atoms with van der Waals surface area (Å²) in [6.07, 6.45) is 0.570. The number of carbonyl (C=O) groups is 1. The molecule has 0 bridgehead atoms. The Bertz CT molecular complexity index is 1170. The van der Waals surface area contributed by atoms with E-state index in [1.807, 2.05) is 56.3 Å². The summed E-state index contributed by atoms with van der Waals surface area (Å²) in [5.41, 5.74) is 9.89. The third-order valence-corrected chi connectivity index (χ3v) is 4.64. The van der Waals surface area contributed by atoms with Gasteiger partial charge in [-0.15, -0.1) is 0 Å². The molecule has 3 rings (SSSR count). The molecule has 1 unspecified atom stereocenters. The first-order chi connectivity index (χ1) is 15.6. The van der Waals surface area contributed by atoms with Crippen LogP contribution in [0.25, 0.3) is 11.3 Å². The number of amides is 1. The fourth-order valence-electron chi connectivity index (χ4n) is 3.19. The summed E-state index contributed by atoms with van der Waals surface area (Å²) in [7, 11) is 0. The zero-order valence-corrected chi connectivity index (χ0v) is 19.6. The third kappa shape index (κ3) is 6.36. The van der Waals surface area contributed by atoms with Gasteiger partial charge in [0, 0.05) is 29.1 Å². The molecule has 8 nitrogen and oxygen atoms in total. The second kappa shape index (κ2) is 9.79. The second-order valence-electron chi connectivity index (χ2n) is 8.78. The molecule has 2 heterocycles. The molecule has 0 aliphatic carbocycles. The first-order valence-corrected chi connectivity index (χ1v) is 10.7. The number of carbonyl (C=O) groups excluding carboxylic acids is 1. The molecule has 1 aromatic carbocycles. The minimum Gasteiger partial charge on any atom is -0.444 e. The van der Waals surface area contributed by atoms with Gasteiger partial charge in [-0.2, -0.15) is 0 Å². The van der Waals surface area contributed by atoms with Gasteiger partial charge in [-0.25, -0.2) is 9.78 Å². The Balaban J connectivity index is 2.12. The lowest BCUT2D eigenvalue weighted by atomic mass is 10.0. The number of benzene rings is 1. The van der Waals surface area contributed by atoms with Crippen LogP contribution in [0.2, 0.25) is 0 Å². The van der Waals surface area contributed by atoms with Crippen LogP contribution in [0.1, 0.15) is 50.7 Å². The van der Waals surface area contributed by atoms with Crippen LogP contribution in [0.5, 0.6) is 0 Å². The monoisotopic (exact) mass is 446 g/mol. The maximum Gasteiger partial charge on any atom is 0.412 e.